The van der Waals surface area contributed by atoms with E-state index in [0.29, 0.717) is 23.7 Å². The molecule has 1 amide bonds. The van der Waals surface area contributed by atoms with Crippen molar-refractivity contribution in [3.63, 3.8) is 0 Å². The van der Waals surface area contributed by atoms with Gasteiger partial charge in [0.15, 0.2) is 17.6 Å². The minimum atomic E-state index is -0.740. The average molecular weight is 401 g/mol. The Morgan fingerprint density at radius 3 is 2.17 bits per heavy atom. The summed E-state index contributed by atoms with van der Waals surface area (Å²) in [6.07, 6.45) is -0.296. The van der Waals surface area contributed by atoms with Gasteiger partial charge in [0.1, 0.15) is 5.75 Å². The van der Waals surface area contributed by atoms with Crippen LogP contribution >= 0.6 is 0 Å². The van der Waals surface area contributed by atoms with Crippen LogP contribution in [-0.2, 0) is 9.53 Å². The Morgan fingerprint density at radius 1 is 0.966 bits per heavy atom. The first kappa shape index (κ1) is 22.1. The molecule has 7 nitrogen and oxygen atoms in total. The molecule has 1 N–H and O–H groups in total. The van der Waals surface area contributed by atoms with E-state index < -0.39 is 12.1 Å². The van der Waals surface area contributed by atoms with Crippen LogP contribution < -0.4 is 19.5 Å². The normalized spacial score (nSPS) is 11.4. The molecule has 0 saturated heterocycles. The van der Waals surface area contributed by atoms with E-state index in [1.54, 1.807) is 0 Å². The first-order chi connectivity index (χ1) is 13.8. The highest BCUT2D eigenvalue weighted by Gasteiger charge is 2.23. The SMILES string of the molecule is CC[C@H](Oc1ccc(C)c(C)c1)C(=O)Nc1cc(OC)c(OC)cc1C(=O)OC. The van der Waals surface area contributed by atoms with Crippen LogP contribution in [0.3, 0.4) is 0 Å². The van der Waals surface area contributed by atoms with Crippen molar-refractivity contribution >= 4 is 17.6 Å². The summed E-state index contributed by atoms with van der Waals surface area (Å²) in [7, 11) is 4.20. The molecule has 0 aliphatic carbocycles. The zero-order chi connectivity index (χ0) is 21.6. The Morgan fingerprint density at radius 2 is 1.62 bits per heavy atom. The summed E-state index contributed by atoms with van der Waals surface area (Å²) in [5.74, 6) is 0.339. The van der Waals surface area contributed by atoms with Crippen molar-refractivity contribution in [1.29, 1.82) is 0 Å². The summed E-state index contributed by atoms with van der Waals surface area (Å²) in [6, 6.07) is 8.65. The standard InChI is InChI=1S/C22H27NO6/c1-7-18(29-15-9-8-13(2)14(3)10-15)21(24)23-17-12-20(27-5)19(26-4)11-16(17)22(25)28-6/h8-12,18H,7H2,1-6H3,(H,23,24)/t18-/m0/s1. The Bertz CT molecular complexity index is 893. The highest BCUT2D eigenvalue weighted by molar-refractivity contribution is 6.03. The molecule has 156 valence electrons. The molecule has 1 atom stereocenters. The number of rotatable bonds is 8. The van der Waals surface area contributed by atoms with Gasteiger partial charge in [-0.25, -0.2) is 4.79 Å². The highest BCUT2D eigenvalue weighted by atomic mass is 16.5. The summed E-state index contributed by atoms with van der Waals surface area (Å²) < 4.78 is 21.2. The molecule has 0 spiro atoms. The van der Waals surface area contributed by atoms with Gasteiger partial charge < -0.3 is 24.3 Å². The third kappa shape index (κ3) is 5.19. The predicted molar refractivity (Wildman–Crippen MR) is 110 cm³/mol. The van der Waals surface area contributed by atoms with Crippen LogP contribution in [0.2, 0.25) is 0 Å². The van der Waals surface area contributed by atoms with Gasteiger partial charge in [0, 0.05) is 12.1 Å². The Kier molecular flexibility index (Phi) is 7.47. The lowest BCUT2D eigenvalue weighted by atomic mass is 10.1. The second-order valence-corrected chi connectivity index (χ2v) is 6.49. The van der Waals surface area contributed by atoms with E-state index in [0.717, 1.165) is 11.1 Å². The largest absolute Gasteiger partial charge is 0.493 e. The van der Waals surface area contributed by atoms with Gasteiger partial charge in [0.25, 0.3) is 5.91 Å². The number of nitrogens with one attached hydrogen (secondary N) is 1. The maximum atomic E-state index is 12.9. The third-order valence-corrected chi connectivity index (χ3v) is 4.61. The van der Waals surface area contributed by atoms with Crippen LogP contribution in [0.15, 0.2) is 30.3 Å². The second kappa shape index (κ2) is 9.82. The number of ether oxygens (including phenoxy) is 4. The molecule has 2 aromatic carbocycles. The minimum absolute atomic E-state index is 0.152. The molecule has 0 aliphatic heterocycles. The number of carbonyl (C=O) groups excluding carboxylic acids is 2. The number of carbonyl (C=O) groups is 2. The summed E-state index contributed by atoms with van der Waals surface area (Å²) in [5, 5.41) is 2.75. The number of amides is 1. The molecule has 0 unspecified atom stereocenters. The molecule has 29 heavy (non-hydrogen) atoms. The van der Waals surface area contributed by atoms with E-state index >= 15 is 0 Å². The first-order valence-electron chi connectivity index (χ1n) is 9.23. The number of methoxy groups -OCH3 is 3. The fraction of sp³-hybridized carbons (Fsp3) is 0.364. The van der Waals surface area contributed by atoms with Crippen LogP contribution in [0.1, 0.15) is 34.8 Å². The Hall–Kier alpha value is -3.22. The van der Waals surface area contributed by atoms with Crippen LogP contribution in [-0.4, -0.2) is 39.3 Å². The molecule has 0 saturated carbocycles. The molecular formula is C22H27NO6. The average Bonchev–Trinajstić information content (AvgIpc) is 2.73. The van der Waals surface area contributed by atoms with Gasteiger partial charge in [0.05, 0.1) is 32.6 Å². The van der Waals surface area contributed by atoms with Crippen molar-refractivity contribution in [3.05, 3.63) is 47.0 Å². The van der Waals surface area contributed by atoms with Crippen molar-refractivity contribution < 1.29 is 28.5 Å². The highest BCUT2D eigenvalue weighted by Crippen LogP contribution is 2.34. The zero-order valence-electron chi connectivity index (χ0n) is 17.6. The van der Waals surface area contributed by atoms with E-state index in [1.807, 2.05) is 39.0 Å². The minimum Gasteiger partial charge on any atom is -0.493 e. The van der Waals surface area contributed by atoms with E-state index in [2.05, 4.69) is 5.32 Å². The van der Waals surface area contributed by atoms with Crippen LogP contribution in [0, 0.1) is 13.8 Å². The fourth-order valence-corrected chi connectivity index (χ4v) is 2.75. The summed E-state index contributed by atoms with van der Waals surface area (Å²) in [5.41, 5.74) is 2.62. The predicted octanol–water partition coefficient (Wildman–Crippen LogP) is 3.90. The van der Waals surface area contributed by atoms with Crippen LogP contribution in [0.25, 0.3) is 0 Å². The number of hydrogen-bond donors (Lipinski definition) is 1. The van der Waals surface area contributed by atoms with Gasteiger partial charge in [-0.1, -0.05) is 13.0 Å². The zero-order valence-corrected chi connectivity index (χ0v) is 17.6. The van der Waals surface area contributed by atoms with Crippen molar-refractivity contribution in [1.82, 2.24) is 0 Å². The maximum absolute atomic E-state index is 12.9. The van der Waals surface area contributed by atoms with E-state index in [-0.39, 0.29) is 17.2 Å². The lowest BCUT2D eigenvalue weighted by Gasteiger charge is -2.20. The van der Waals surface area contributed by atoms with Gasteiger partial charge >= 0.3 is 5.97 Å². The summed E-state index contributed by atoms with van der Waals surface area (Å²) >= 11 is 0. The van der Waals surface area contributed by atoms with Gasteiger partial charge in [-0.15, -0.1) is 0 Å². The molecule has 2 aromatic rings. The molecule has 0 fully saturated rings. The number of benzene rings is 2. The smallest absolute Gasteiger partial charge is 0.340 e. The lowest BCUT2D eigenvalue weighted by molar-refractivity contribution is -0.122. The molecule has 0 aliphatic rings. The van der Waals surface area contributed by atoms with Gasteiger partial charge in [-0.3, -0.25) is 4.79 Å². The first-order valence-corrected chi connectivity index (χ1v) is 9.23. The quantitative estimate of drug-likeness (QED) is 0.676. The monoisotopic (exact) mass is 401 g/mol. The fourth-order valence-electron chi connectivity index (χ4n) is 2.75. The van der Waals surface area contributed by atoms with E-state index in [9.17, 15) is 9.59 Å². The van der Waals surface area contributed by atoms with Crippen molar-refractivity contribution in [2.24, 2.45) is 0 Å². The number of aryl methyl sites for hydroxylation is 2. The lowest BCUT2D eigenvalue weighted by Crippen LogP contribution is -2.33. The van der Waals surface area contributed by atoms with Crippen LogP contribution in [0.4, 0.5) is 5.69 Å². The third-order valence-electron chi connectivity index (χ3n) is 4.61. The number of anilines is 1. The molecule has 0 heterocycles. The Labute approximate surface area is 170 Å². The number of esters is 1. The molecule has 7 heteroatoms. The molecule has 0 radical (unpaired) electrons. The maximum Gasteiger partial charge on any atom is 0.340 e. The van der Waals surface area contributed by atoms with Crippen molar-refractivity contribution in [3.8, 4) is 17.2 Å². The molecule has 0 bridgehead atoms. The molecular weight excluding hydrogens is 374 g/mol. The summed E-state index contributed by atoms with van der Waals surface area (Å²) in [4.78, 5) is 25.0. The van der Waals surface area contributed by atoms with Crippen LogP contribution in [0.5, 0.6) is 17.2 Å². The van der Waals surface area contributed by atoms with E-state index in [4.69, 9.17) is 18.9 Å². The van der Waals surface area contributed by atoms with E-state index in [1.165, 1.54) is 33.5 Å². The van der Waals surface area contributed by atoms with Gasteiger partial charge in [-0.2, -0.15) is 0 Å². The van der Waals surface area contributed by atoms with Crippen molar-refractivity contribution in [2.45, 2.75) is 33.3 Å². The second-order valence-electron chi connectivity index (χ2n) is 6.49. The van der Waals surface area contributed by atoms with Crippen molar-refractivity contribution in [2.75, 3.05) is 26.6 Å². The molecule has 2 rings (SSSR count). The number of hydrogen-bond acceptors (Lipinski definition) is 6. The summed E-state index contributed by atoms with van der Waals surface area (Å²) in [6.45, 7) is 5.84. The van der Waals surface area contributed by atoms with Gasteiger partial charge in [-0.05, 0) is 43.5 Å². The van der Waals surface area contributed by atoms with Gasteiger partial charge in [0.2, 0.25) is 0 Å². The molecule has 0 aromatic heterocycles. The topological polar surface area (TPSA) is 83.1 Å². The Balaban J connectivity index is 2.30.